The van der Waals surface area contributed by atoms with Gasteiger partial charge in [-0.05, 0) is 61.0 Å². The normalized spacial score (nSPS) is 15.2. The average molecular weight is 486 g/mol. The molecule has 4 aromatic heterocycles. The predicted molar refractivity (Wildman–Crippen MR) is 131 cm³/mol. The van der Waals surface area contributed by atoms with Crippen LogP contribution in [0.5, 0.6) is 0 Å². The first-order valence-electron chi connectivity index (χ1n) is 10.6. The summed E-state index contributed by atoms with van der Waals surface area (Å²) in [4.78, 5) is 33.1. The van der Waals surface area contributed by atoms with Gasteiger partial charge in [0, 0.05) is 33.8 Å². The number of hydrogen-bond acceptors (Lipinski definition) is 7. The number of hydrogen-bond donors (Lipinski definition) is 3. The van der Waals surface area contributed by atoms with Crippen LogP contribution in [0.2, 0.25) is 0 Å². The first-order valence-corrected chi connectivity index (χ1v) is 11.5. The number of aromatic nitrogens is 2. The van der Waals surface area contributed by atoms with Crippen LogP contribution >= 0.6 is 11.3 Å². The Morgan fingerprint density at radius 2 is 1.86 bits per heavy atom. The van der Waals surface area contributed by atoms with Crippen molar-refractivity contribution in [1.29, 1.82) is 0 Å². The summed E-state index contributed by atoms with van der Waals surface area (Å²) in [6, 6.07) is 9.83. The van der Waals surface area contributed by atoms with Gasteiger partial charge in [-0.2, -0.15) is 0 Å². The number of carbonyl (C=O) groups is 2. The summed E-state index contributed by atoms with van der Waals surface area (Å²) in [6.45, 7) is 2.04. The van der Waals surface area contributed by atoms with Crippen molar-refractivity contribution in [1.82, 2.24) is 15.3 Å². The maximum Gasteiger partial charge on any atom is 0.335 e. The number of furan rings is 1. The Bertz CT molecular complexity index is 1510. The van der Waals surface area contributed by atoms with Crippen molar-refractivity contribution in [2.45, 2.75) is 13.0 Å². The number of carboxylic acids is 2. The molecule has 0 bridgehead atoms. The van der Waals surface area contributed by atoms with Gasteiger partial charge in [0.25, 0.3) is 0 Å². The van der Waals surface area contributed by atoms with E-state index >= 15 is 0 Å². The molecule has 0 amide bonds. The van der Waals surface area contributed by atoms with Crippen molar-refractivity contribution in [3.05, 3.63) is 100.0 Å². The number of aromatic carboxylic acids is 1. The predicted octanol–water partition coefficient (Wildman–Crippen LogP) is 5.17. The molecule has 1 aliphatic heterocycles. The molecule has 35 heavy (non-hydrogen) atoms. The fraction of sp³-hybridized carbons (Fsp3) is 0.0769. The summed E-state index contributed by atoms with van der Waals surface area (Å²) in [7, 11) is 0. The molecule has 0 saturated heterocycles. The van der Waals surface area contributed by atoms with Gasteiger partial charge in [-0.1, -0.05) is 0 Å². The number of aryl methyl sites for hydroxylation is 1. The fourth-order valence-electron chi connectivity index (χ4n) is 3.89. The summed E-state index contributed by atoms with van der Waals surface area (Å²) in [5.41, 5.74) is 4.25. The molecule has 1 atom stereocenters. The van der Waals surface area contributed by atoms with Gasteiger partial charge < -0.3 is 19.9 Å². The van der Waals surface area contributed by atoms with Crippen LogP contribution in [-0.2, 0) is 4.79 Å². The van der Waals surface area contributed by atoms with E-state index in [0.29, 0.717) is 17.1 Å². The number of thiophene rings is 1. The van der Waals surface area contributed by atoms with Crippen LogP contribution in [0.15, 0.2) is 82.6 Å². The molecule has 1 aliphatic rings. The van der Waals surface area contributed by atoms with E-state index < -0.39 is 18.0 Å². The lowest BCUT2D eigenvalue weighted by molar-refractivity contribution is -0.132. The van der Waals surface area contributed by atoms with Gasteiger partial charge in [0.1, 0.15) is 5.76 Å². The molecule has 4 aromatic rings. The summed E-state index contributed by atoms with van der Waals surface area (Å²) in [6.07, 6.45) is 7.68. The van der Waals surface area contributed by atoms with E-state index in [1.165, 1.54) is 35.4 Å². The molecule has 0 saturated carbocycles. The van der Waals surface area contributed by atoms with Crippen LogP contribution in [0, 0.1) is 6.92 Å². The third kappa shape index (κ3) is 4.49. The van der Waals surface area contributed by atoms with Gasteiger partial charge in [0.2, 0.25) is 0 Å². The number of pyridine rings is 2. The van der Waals surface area contributed by atoms with Gasteiger partial charge in [-0.3, -0.25) is 9.97 Å². The number of nitrogens with zero attached hydrogens (tertiary/aromatic N) is 2. The van der Waals surface area contributed by atoms with Crippen molar-refractivity contribution in [2.24, 2.45) is 0 Å². The highest BCUT2D eigenvalue weighted by Crippen LogP contribution is 2.36. The SMILES string of the molecule is Cc1cc(-c2occc2-c2ccnc(C3=CC(C(=O)O)=CC(c4cc(C(=O)O)ccn4)N3)c2)cs1. The van der Waals surface area contributed by atoms with Gasteiger partial charge >= 0.3 is 11.9 Å². The minimum absolute atomic E-state index is 0.0521. The molecule has 0 spiro atoms. The van der Waals surface area contributed by atoms with Crippen molar-refractivity contribution >= 4 is 29.0 Å². The maximum absolute atomic E-state index is 11.9. The minimum atomic E-state index is -1.11. The van der Waals surface area contributed by atoms with E-state index in [-0.39, 0.29) is 11.1 Å². The number of carboxylic acid groups (broad SMARTS) is 2. The number of dihydropyridines is 1. The highest BCUT2D eigenvalue weighted by molar-refractivity contribution is 7.10. The van der Waals surface area contributed by atoms with E-state index in [1.807, 2.05) is 30.5 Å². The maximum atomic E-state index is 11.9. The smallest absolute Gasteiger partial charge is 0.335 e. The Balaban J connectivity index is 1.52. The number of nitrogens with one attached hydrogen (secondary N) is 1. The molecule has 8 nitrogen and oxygen atoms in total. The summed E-state index contributed by atoms with van der Waals surface area (Å²) in [5, 5.41) is 24.3. The summed E-state index contributed by atoms with van der Waals surface area (Å²) >= 11 is 1.64. The minimum Gasteiger partial charge on any atom is -0.478 e. The first-order chi connectivity index (χ1) is 16.9. The molecule has 0 fully saturated rings. The van der Waals surface area contributed by atoms with Crippen LogP contribution < -0.4 is 5.32 Å². The Morgan fingerprint density at radius 3 is 2.60 bits per heavy atom. The zero-order chi connectivity index (χ0) is 24.5. The molecule has 5 rings (SSSR count). The largest absolute Gasteiger partial charge is 0.478 e. The topological polar surface area (TPSA) is 126 Å². The van der Waals surface area contributed by atoms with Crippen LogP contribution in [-0.4, -0.2) is 32.1 Å². The van der Waals surface area contributed by atoms with Crippen LogP contribution in [0.4, 0.5) is 0 Å². The molecule has 5 heterocycles. The first kappa shape index (κ1) is 22.3. The fourth-order valence-corrected chi connectivity index (χ4v) is 4.58. The third-order valence-electron chi connectivity index (χ3n) is 5.56. The zero-order valence-corrected chi connectivity index (χ0v) is 19.2. The highest BCUT2D eigenvalue weighted by Gasteiger charge is 2.23. The van der Waals surface area contributed by atoms with E-state index in [9.17, 15) is 19.8 Å². The van der Waals surface area contributed by atoms with Crippen LogP contribution in [0.3, 0.4) is 0 Å². The lowest BCUT2D eigenvalue weighted by Gasteiger charge is -2.23. The van der Waals surface area contributed by atoms with E-state index in [0.717, 1.165) is 22.5 Å². The van der Waals surface area contributed by atoms with E-state index in [1.54, 1.807) is 23.8 Å². The van der Waals surface area contributed by atoms with Crippen molar-refractivity contribution in [3.8, 4) is 22.5 Å². The van der Waals surface area contributed by atoms with Gasteiger partial charge in [0.15, 0.2) is 0 Å². The molecule has 0 radical (unpaired) electrons. The molecule has 174 valence electrons. The molecule has 3 N–H and O–H groups in total. The molecule has 1 unspecified atom stereocenters. The summed E-state index contributed by atoms with van der Waals surface area (Å²) < 4.78 is 5.77. The monoisotopic (exact) mass is 485 g/mol. The Hall–Kier alpha value is -4.50. The Labute approximate surface area is 203 Å². The summed E-state index contributed by atoms with van der Waals surface area (Å²) in [5.74, 6) is -1.45. The van der Waals surface area contributed by atoms with Crippen molar-refractivity contribution < 1.29 is 24.2 Å². The Morgan fingerprint density at radius 1 is 1.03 bits per heavy atom. The van der Waals surface area contributed by atoms with Crippen molar-refractivity contribution in [2.75, 3.05) is 0 Å². The average Bonchev–Trinajstić information content (AvgIpc) is 3.53. The van der Waals surface area contributed by atoms with Crippen LogP contribution in [0.1, 0.15) is 32.7 Å². The molecular formula is C26H19N3O5S. The lowest BCUT2D eigenvalue weighted by Crippen LogP contribution is -2.25. The molecule has 0 aromatic carbocycles. The molecular weight excluding hydrogens is 466 g/mol. The standard InChI is InChI=1S/C26H19N3O5S/c1-14-8-18(13-35-14)24-19(4-7-34-24)15-2-5-27-20(9-15)22-11-17(26(32)33)12-23(29-22)21-10-16(25(30)31)3-6-28-21/h2-13,23,29H,1H3,(H,30,31)(H,32,33). The molecule has 0 aliphatic carbocycles. The van der Waals surface area contributed by atoms with Gasteiger partial charge in [-0.15, -0.1) is 11.3 Å². The van der Waals surface area contributed by atoms with Crippen molar-refractivity contribution in [3.63, 3.8) is 0 Å². The third-order valence-corrected chi connectivity index (χ3v) is 6.42. The second kappa shape index (κ2) is 9.03. The number of rotatable bonds is 6. The van der Waals surface area contributed by atoms with E-state index in [4.69, 9.17) is 4.42 Å². The Kier molecular flexibility index (Phi) is 5.76. The second-order valence-corrected chi connectivity index (χ2v) is 9.04. The highest BCUT2D eigenvalue weighted by atomic mass is 32.1. The second-order valence-electron chi connectivity index (χ2n) is 7.92. The van der Waals surface area contributed by atoms with Crippen LogP contribution in [0.25, 0.3) is 28.1 Å². The zero-order valence-electron chi connectivity index (χ0n) is 18.4. The lowest BCUT2D eigenvalue weighted by atomic mass is 9.99. The van der Waals surface area contributed by atoms with Gasteiger partial charge in [-0.25, -0.2) is 9.59 Å². The number of aliphatic carboxylic acids is 1. The van der Waals surface area contributed by atoms with E-state index in [2.05, 4.69) is 21.4 Å². The van der Waals surface area contributed by atoms with Gasteiger partial charge in [0.05, 0.1) is 40.5 Å². The quantitative estimate of drug-likeness (QED) is 0.342. The molecule has 9 heteroatoms.